The van der Waals surface area contributed by atoms with Crippen molar-refractivity contribution in [2.24, 2.45) is 0 Å². The van der Waals surface area contributed by atoms with Crippen molar-refractivity contribution in [1.29, 1.82) is 0 Å². The van der Waals surface area contributed by atoms with E-state index < -0.39 is 0 Å². The number of hydrogen-bond acceptors (Lipinski definition) is 4. The van der Waals surface area contributed by atoms with Crippen molar-refractivity contribution in [2.45, 2.75) is 26.0 Å². The lowest BCUT2D eigenvalue weighted by Gasteiger charge is -2.33. The van der Waals surface area contributed by atoms with Crippen LogP contribution in [0.3, 0.4) is 0 Å². The van der Waals surface area contributed by atoms with Crippen molar-refractivity contribution in [3.63, 3.8) is 0 Å². The fourth-order valence-electron chi connectivity index (χ4n) is 3.14. The summed E-state index contributed by atoms with van der Waals surface area (Å²) < 4.78 is 19.1. The Morgan fingerprint density at radius 2 is 2.35 bits per heavy atom. The second-order valence-electron chi connectivity index (χ2n) is 5.91. The van der Waals surface area contributed by atoms with E-state index in [0.29, 0.717) is 30.2 Å². The third-order valence-electron chi connectivity index (χ3n) is 4.23. The fraction of sp³-hybridized carbons (Fsp3) is 0.375. The van der Waals surface area contributed by atoms with Crippen LogP contribution >= 0.6 is 0 Å². The van der Waals surface area contributed by atoms with Gasteiger partial charge in [0.15, 0.2) is 5.69 Å². The normalized spacial score (nSPS) is 19.7. The summed E-state index contributed by atoms with van der Waals surface area (Å²) in [5.74, 6) is -0.180. The van der Waals surface area contributed by atoms with Gasteiger partial charge in [0.1, 0.15) is 17.7 Å². The van der Waals surface area contributed by atoms with Gasteiger partial charge in [0, 0.05) is 36.8 Å². The van der Waals surface area contributed by atoms with E-state index in [1.165, 1.54) is 12.1 Å². The minimum absolute atomic E-state index is 0.186. The van der Waals surface area contributed by atoms with Crippen LogP contribution < -0.4 is 15.0 Å². The molecule has 2 aliphatic heterocycles. The van der Waals surface area contributed by atoms with Crippen molar-refractivity contribution < 1.29 is 13.9 Å². The number of benzene rings is 1. The summed E-state index contributed by atoms with van der Waals surface area (Å²) in [6, 6.07) is 4.22. The highest BCUT2D eigenvalue weighted by molar-refractivity contribution is 6.07. The van der Waals surface area contributed by atoms with Gasteiger partial charge in [0.05, 0.1) is 12.2 Å². The largest absolute Gasteiger partial charge is 0.487 e. The van der Waals surface area contributed by atoms with Gasteiger partial charge < -0.3 is 10.1 Å². The highest BCUT2D eigenvalue weighted by Gasteiger charge is 2.32. The first-order valence-electron chi connectivity index (χ1n) is 7.68. The summed E-state index contributed by atoms with van der Waals surface area (Å²) in [5, 5.41) is 10.4. The molecule has 0 radical (unpaired) electrons. The number of carbonyl (C=O) groups excluding carboxylic acids is 1. The third kappa shape index (κ3) is 2.37. The van der Waals surface area contributed by atoms with Crippen molar-refractivity contribution in [3.8, 4) is 5.75 Å². The van der Waals surface area contributed by atoms with E-state index in [9.17, 15) is 9.18 Å². The minimum atomic E-state index is -0.383. The number of H-pyrrole nitrogens is 1. The highest BCUT2D eigenvalue weighted by atomic mass is 19.1. The topological polar surface area (TPSA) is 70.2 Å². The van der Waals surface area contributed by atoms with E-state index in [1.54, 1.807) is 11.0 Å². The molecule has 1 aromatic carbocycles. The molecule has 0 bridgehead atoms. The summed E-state index contributed by atoms with van der Waals surface area (Å²) in [4.78, 5) is 14.6. The Kier molecular flexibility index (Phi) is 3.30. The molecule has 0 fully saturated rings. The molecule has 0 aliphatic carbocycles. The summed E-state index contributed by atoms with van der Waals surface area (Å²) in [6.45, 7) is 3.77. The summed E-state index contributed by atoms with van der Waals surface area (Å²) in [5.41, 5.74) is 2.93. The lowest BCUT2D eigenvalue weighted by atomic mass is 10.1. The predicted octanol–water partition coefficient (Wildman–Crippen LogP) is 1.62. The maximum Gasteiger partial charge on any atom is 0.279 e. The summed E-state index contributed by atoms with van der Waals surface area (Å²) in [7, 11) is 0. The molecule has 23 heavy (non-hydrogen) atoms. The molecular weight excluding hydrogens is 299 g/mol. The lowest BCUT2D eigenvalue weighted by molar-refractivity contribution is 0.0955. The van der Waals surface area contributed by atoms with E-state index >= 15 is 0 Å². The van der Waals surface area contributed by atoms with E-state index in [0.717, 1.165) is 24.2 Å². The van der Waals surface area contributed by atoms with E-state index in [1.807, 2.05) is 6.92 Å². The van der Waals surface area contributed by atoms with E-state index in [4.69, 9.17) is 4.74 Å². The molecule has 1 amide bonds. The number of fused-ring (bicyclic) bond motifs is 2. The molecule has 0 spiro atoms. The van der Waals surface area contributed by atoms with Crippen molar-refractivity contribution in [2.75, 3.05) is 18.0 Å². The van der Waals surface area contributed by atoms with Crippen LogP contribution in [0.5, 0.6) is 5.75 Å². The predicted molar refractivity (Wildman–Crippen MR) is 82.2 cm³/mol. The number of nitrogens with one attached hydrogen (secondary N) is 2. The number of anilines is 1. The standard InChI is InChI=1S/C16H17FN4O2/c1-9-8-21(13-3-2-10(17)6-14(13)23-9)16(22)15-11-7-18-5-4-12(11)19-20-15/h2-3,6,9,18H,4-5,7-8H2,1H3,(H,19,20). The molecule has 0 saturated carbocycles. The Morgan fingerprint density at radius 3 is 3.22 bits per heavy atom. The maximum absolute atomic E-state index is 13.4. The number of halogens is 1. The Morgan fingerprint density at radius 1 is 1.48 bits per heavy atom. The van der Waals surface area contributed by atoms with E-state index in [-0.39, 0.29) is 17.8 Å². The summed E-state index contributed by atoms with van der Waals surface area (Å²) in [6.07, 6.45) is 0.623. The average Bonchev–Trinajstić information content (AvgIpc) is 2.97. The molecule has 3 heterocycles. The van der Waals surface area contributed by atoms with Crippen LogP contribution in [0.15, 0.2) is 18.2 Å². The average molecular weight is 316 g/mol. The molecule has 1 aromatic heterocycles. The van der Waals surface area contributed by atoms with Crippen LogP contribution in [0.1, 0.15) is 28.7 Å². The lowest BCUT2D eigenvalue weighted by Crippen LogP contribution is -2.43. The molecule has 7 heteroatoms. The minimum Gasteiger partial charge on any atom is -0.487 e. The molecule has 120 valence electrons. The second kappa shape index (κ2) is 5.34. The smallest absolute Gasteiger partial charge is 0.279 e. The Labute approximate surface area is 132 Å². The van der Waals surface area contributed by atoms with Gasteiger partial charge >= 0.3 is 0 Å². The number of amides is 1. The molecule has 4 rings (SSSR count). The van der Waals surface area contributed by atoms with Gasteiger partial charge in [-0.2, -0.15) is 5.10 Å². The Bertz CT molecular complexity index is 773. The first-order valence-corrected chi connectivity index (χ1v) is 7.68. The highest BCUT2D eigenvalue weighted by Crippen LogP contribution is 2.35. The zero-order valence-corrected chi connectivity index (χ0v) is 12.7. The molecule has 2 aromatic rings. The van der Waals surface area contributed by atoms with Crippen LogP contribution in [-0.2, 0) is 13.0 Å². The quantitative estimate of drug-likeness (QED) is 0.839. The molecule has 2 aliphatic rings. The van der Waals surface area contributed by atoms with Crippen LogP contribution in [0, 0.1) is 5.82 Å². The fourth-order valence-corrected chi connectivity index (χ4v) is 3.14. The molecule has 1 unspecified atom stereocenters. The van der Waals surface area contributed by atoms with Gasteiger partial charge in [-0.25, -0.2) is 4.39 Å². The number of aromatic nitrogens is 2. The molecule has 0 saturated heterocycles. The van der Waals surface area contributed by atoms with Crippen LogP contribution in [-0.4, -0.2) is 35.3 Å². The molecule has 2 N–H and O–H groups in total. The van der Waals surface area contributed by atoms with Gasteiger partial charge in [-0.3, -0.25) is 14.8 Å². The number of aromatic amines is 1. The van der Waals surface area contributed by atoms with E-state index in [2.05, 4.69) is 15.5 Å². The van der Waals surface area contributed by atoms with Gasteiger partial charge in [0.25, 0.3) is 5.91 Å². The zero-order valence-electron chi connectivity index (χ0n) is 12.7. The van der Waals surface area contributed by atoms with Crippen molar-refractivity contribution >= 4 is 11.6 Å². The first kappa shape index (κ1) is 14.2. The Balaban J connectivity index is 1.73. The zero-order chi connectivity index (χ0) is 16.0. The second-order valence-corrected chi connectivity index (χ2v) is 5.91. The van der Waals surface area contributed by atoms with Crippen LogP contribution in [0.4, 0.5) is 10.1 Å². The number of carbonyl (C=O) groups is 1. The van der Waals surface area contributed by atoms with Gasteiger partial charge in [0.2, 0.25) is 0 Å². The number of ether oxygens (including phenoxy) is 1. The summed E-state index contributed by atoms with van der Waals surface area (Å²) >= 11 is 0. The third-order valence-corrected chi connectivity index (χ3v) is 4.23. The molecule has 6 nitrogen and oxygen atoms in total. The SMILES string of the molecule is CC1CN(C(=O)c2n[nH]c3c2CNCC3)c2ccc(F)cc2O1. The maximum atomic E-state index is 13.4. The number of hydrogen-bond donors (Lipinski definition) is 2. The van der Waals surface area contributed by atoms with Crippen LogP contribution in [0.25, 0.3) is 0 Å². The molecular formula is C16H17FN4O2. The molecule has 1 atom stereocenters. The Hall–Kier alpha value is -2.41. The number of rotatable bonds is 1. The van der Waals surface area contributed by atoms with Gasteiger partial charge in [-0.05, 0) is 19.1 Å². The monoisotopic (exact) mass is 316 g/mol. The first-order chi connectivity index (χ1) is 11.1. The van der Waals surface area contributed by atoms with Gasteiger partial charge in [-0.15, -0.1) is 0 Å². The van der Waals surface area contributed by atoms with Crippen molar-refractivity contribution in [1.82, 2.24) is 15.5 Å². The van der Waals surface area contributed by atoms with Gasteiger partial charge in [-0.1, -0.05) is 0 Å². The van der Waals surface area contributed by atoms with Crippen LogP contribution in [0.2, 0.25) is 0 Å². The number of nitrogens with zero attached hydrogens (tertiary/aromatic N) is 2. The van der Waals surface area contributed by atoms with Crippen molar-refractivity contribution in [3.05, 3.63) is 41.0 Å².